The lowest BCUT2D eigenvalue weighted by Crippen LogP contribution is -2.69. The molecule has 0 aromatic carbocycles. The van der Waals surface area contributed by atoms with E-state index in [1.54, 1.807) is 0 Å². The Morgan fingerprint density at radius 1 is 1.14 bits per heavy atom. The van der Waals surface area contributed by atoms with E-state index < -0.39 is 0 Å². The highest BCUT2D eigenvalue weighted by atomic mass is 35.5. The summed E-state index contributed by atoms with van der Waals surface area (Å²) < 4.78 is 6.24. The van der Waals surface area contributed by atoms with Crippen LogP contribution in [0.1, 0.15) is 46.0 Å². The molecule has 28 heavy (non-hydrogen) atoms. The van der Waals surface area contributed by atoms with Gasteiger partial charge in [-0.25, -0.2) is 0 Å². The second kappa shape index (κ2) is 9.29. The van der Waals surface area contributed by atoms with E-state index in [4.69, 9.17) is 16.3 Å². The van der Waals surface area contributed by atoms with Crippen LogP contribution < -0.4 is 26.6 Å². The first-order valence-corrected chi connectivity index (χ1v) is 11.6. The summed E-state index contributed by atoms with van der Waals surface area (Å²) in [6, 6.07) is 1.30. The number of hydrogen-bond acceptors (Lipinski definition) is 6. The third-order valence-corrected chi connectivity index (χ3v) is 7.74. The topological polar surface area (TPSA) is 69.4 Å². The van der Waals surface area contributed by atoms with Crippen LogP contribution in [0.3, 0.4) is 0 Å². The fourth-order valence-electron chi connectivity index (χ4n) is 5.58. The number of nitrogens with one attached hydrogen (secondary N) is 5. The third kappa shape index (κ3) is 4.59. The van der Waals surface area contributed by atoms with Crippen LogP contribution in [0.5, 0.6) is 0 Å². The number of hydrogen-bond donors (Lipinski definition) is 5. The standard InChI is InChI=1S/C21H38ClN5O/c1-12-4-5-14(6-8-24-12)18-19(22)16(11-15-7-9-28-20(15)18)26-21-25-13(2)10-17(23-3)27-21/h6,12-13,15-21,23-27H,4-5,7-11H2,1-3H3/t12-,13?,15?,16?,17?,18?,19?,20?,21?/m1/s1. The summed E-state index contributed by atoms with van der Waals surface area (Å²) in [6.45, 7) is 6.34. The number of ether oxygens (including phenoxy) is 1. The maximum atomic E-state index is 7.19. The van der Waals surface area contributed by atoms with E-state index >= 15 is 0 Å². The Hall–Kier alpha value is -0.210. The van der Waals surface area contributed by atoms with Gasteiger partial charge < -0.3 is 15.4 Å². The zero-order valence-corrected chi connectivity index (χ0v) is 18.3. The summed E-state index contributed by atoms with van der Waals surface area (Å²) in [5.74, 6) is 0.918. The Bertz CT molecular complexity index is 561. The lowest BCUT2D eigenvalue weighted by molar-refractivity contribution is 0.0200. The molecule has 2 saturated heterocycles. The summed E-state index contributed by atoms with van der Waals surface area (Å²) in [5.41, 5.74) is 1.51. The van der Waals surface area contributed by atoms with E-state index in [0.29, 0.717) is 30.1 Å². The maximum absolute atomic E-state index is 7.19. The molecule has 8 unspecified atom stereocenters. The van der Waals surface area contributed by atoms with Crippen LogP contribution in [-0.2, 0) is 4.74 Å². The van der Waals surface area contributed by atoms with Gasteiger partial charge in [0.1, 0.15) is 6.29 Å². The van der Waals surface area contributed by atoms with Gasteiger partial charge in [0.25, 0.3) is 0 Å². The van der Waals surface area contributed by atoms with Crippen LogP contribution in [0.15, 0.2) is 11.6 Å². The van der Waals surface area contributed by atoms with Crippen LogP contribution >= 0.6 is 11.6 Å². The van der Waals surface area contributed by atoms with E-state index in [2.05, 4.69) is 46.5 Å². The molecule has 0 aromatic heterocycles. The lowest BCUT2D eigenvalue weighted by atomic mass is 9.71. The summed E-state index contributed by atoms with van der Waals surface area (Å²) in [4.78, 5) is 0. The minimum Gasteiger partial charge on any atom is -0.377 e. The van der Waals surface area contributed by atoms with Crippen LogP contribution in [0.25, 0.3) is 0 Å². The van der Waals surface area contributed by atoms with Gasteiger partial charge in [0, 0.05) is 37.2 Å². The predicted octanol–water partition coefficient (Wildman–Crippen LogP) is 1.48. The van der Waals surface area contributed by atoms with Gasteiger partial charge in [-0.1, -0.05) is 11.6 Å². The van der Waals surface area contributed by atoms with Crippen LogP contribution in [-0.4, -0.2) is 62.3 Å². The first kappa shape index (κ1) is 21.0. The molecule has 160 valence electrons. The molecule has 9 atom stereocenters. The van der Waals surface area contributed by atoms with E-state index in [9.17, 15) is 0 Å². The Kier molecular flexibility index (Phi) is 6.98. The molecule has 0 spiro atoms. The van der Waals surface area contributed by atoms with Crippen molar-refractivity contribution in [3.05, 3.63) is 11.6 Å². The SMILES string of the molecule is CNC1CC(C)NC(NC2CC3CCOC3C(C3=CCN[C@H](C)CC3)C2Cl)N1. The van der Waals surface area contributed by atoms with Crippen molar-refractivity contribution in [1.82, 2.24) is 26.6 Å². The molecule has 1 saturated carbocycles. The predicted molar refractivity (Wildman–Crippen MR) is 114 cm³/mol. The summed E-state index contributed by atoms with van der Waals surface area (Å²) in [6.07, 6.45) is 8.70. The molecular formula is C21H38ClN5O. The van der Waals surface area contributed by atoms with Crippen molar-refractivity contribution in [2.24, 2.45) is 11.8 Å². The summed E-state index contributed by atoms with van der Waals surface area (Å²) in [5, 5.41) is 18.1. The molecular weight excluding hydrogens is 374 g/mol. The number of alkyl halides is 1. The second-order valence-electron chi connectivity index (χ2n) is 9.23. The maximum Gasteiger partial charge on any atom is 0.113 e. The molecule has 4 rings (SSSR count). The molecule has 0 radical (unpaired) electrons. The van der Waals surface area contributed by atoms with Crippen LogP contribution in [0.2, 0.25) is 0 Å². The Labute approximate surface area is 174 Å². The average Bonchev–Trinajstić information content (AvgIpc) is 3.02. The van der Waals surface area contributed by atoms with Gasteiger partial charge in [-0.15, -0.1) is 11.6 Å². The Balaban J connectivity index is 1.48. The number of rotatable bonds is 4. The van der Waals surface area contributed by atoms with Gasteiger partial charge in [-0.3, -0.25) is 16.0 Å². The third-order valence-electron chi connectivity index (χ3n) is 7.16. The molecule has 3 aliphatic heterocycles. The minimum absolute atomic E-state index is 0.0490. The van der Waals surface area contributed by atoms with E-state index in [1.165, 1.54) is 12.0 Å². The van der Waals surface area contributed by atoms with Crippen molar-refractivity contribution in [2.75, 3.05) is 20.2 Å². The molecule has 7 heteroatoms. The second-order valence-corrected chi connectivity index (χ2v) is 9.74. The average molecular weight is 412 g/mol. The largest absolute Gasteiger partial charge is 0.377 e. The molecule has 4 aliphatic rings. The smallest absolute Gasteiger partial charge is 0.113 e. The van der Waals surface area contributed by atoms with Crippen molar-refractivity contribution in [3.63, 3.8) is 0 Å². The molecule has 0 bridgehead atoms. The zero-order chi connectivity index (χ0) is 19.7. The number of fused-ring (bicyclic) bond motifs is 1. The van der Waals surface area contributed by atoms with Crippen molar-refractivity contribution in [3.8, 4) is 0 Å². The summed E-state index contributed by atoms with van der Waals surface area (Å²) in [7, 11) is 2.02. The molecule has 3 fully saturated rings. The fourth-order valence-corrected chi connectivity index (χ4v) is 6.06. The van der Waals surface area contributed by atoms with Crippen molar-refractivity contribution < 1.29 is 4.74 Å². The fraction of sp³-hybridized carbons (Fsp3) is 0.905. The first-order valence-electron chi connectivity index (χ1n) is 11.2. The first-order chi connectivity index (χ1) is 13.5. The van der Waals surface area contributed by atoms with Crippen LogP contribution in [0.4, 0.5) is 0 Å². The van der Waals surface area contributed by atoms with Gasteiger partial charge >= 0.3 is 0 Å². The van der Waals surface area contributed by atoms with E-state index in [-0.39, 0.29) is 23.8 Å². The van der Waals surface area contributed by atoms with Gasteiger partial charge in [0.2, 0.25) is 0 Å². The Morgan fingerprint density at radius 2 is 2.00 bits per heavy atom. The van der Waals surface area contributed by atoms with Crippen LogP contribution in [0, 0.1) is 11.8 Å². The molecule has 1 aliphatic carbocycles. The van der Waals surface area contributed by atoms with E-state index in [1.807, 2.05) is 7.05 Å². The molecule has 3 heterocycles. The minimum atomic E-state index is 0.0490. The zero-order valence-electron chi connectivity index (χ0n) is 17.5. The van der Waals surface area contributed by atoms with Gasteiger partial charge in [-0.2, -0.15) is 0 Å². The Morgan fingerprint density at radius 3 is 2.82 bits per heavy atom. The highest BCUT2D eigenvalue weighted by Gasteiger charge is 2.48. The molecule has 6 nitrogen and oxygen atoms in total. The number of halogens is 1. The quantitative estimate of drug-likeness (QED) is 0.356. The highest BCUT2D eigenvalue weighted by Crippen LogP contribution is 2.45. The highest BCUT2D eigenvalue weighted by molar-refractivity contribution is 6.21. The van der Waals surface area contributed by atoms with Gasteiger partial charge in [0.05, 0.1) is 17.6 Å². The van der Waals surface area contributed by atoms with Crippen molar-refractivity contribution in [1.29, 1.82) is 0 Å². The lowest BCUT2D eigenvalue weighted by Gasteiger charge is -2.46. The monoisotopic (exact) mass is 411 g/mol. The van der Waals surface area contributed by atoms with Gasteiger partial charge in [-0.05, 0) is 58.9 Å². The normalized spacial score (nSPS) is 47.3. The molecule has 5 N–H and O–H groups in total. The van der Waals surface area contributed by atoms with Crippen molar-refractivity contribution >= 4 is 11.6 Å². The van der Waals surface area contributed by atoms with Crippen molar-refractivity contribution in [2.45, 2.75) is 88.0 Å². The molecule has 0 amide bonds. The molecule has 0 aromatic rings. The van der Waals surface area contributed by atoms with E-state index in [0.717, 1.165) is 38.8 Å². The summed E-state index contributed by atoms with van der Waals surface area (Å²) >= 11 is 7.19. The van der Waals surface area contributed by atoms with Gasteiger partial charge in [0.15, 0.2) is 0 Å².